The van der Waals surface area contributed by atoms with E-state index in [1.807, 2.05) is 48.5 Å². The maximum absolute atomic E-state index is 11.9. The Labute approximate surface area is 171 Å². The zero-order valence-electron chi connectivity index (χ0n) is 16.5. The van der Waals surface area contributed by atoms with Gasteiger partial charge in [-0.25, -0.2) is 4.99 Å². The van der Waals surface area contributed by atoms with Gasteiger partial charge in [0.25, 0.3) is 0 Å². The van der Waals surface area contributed by atoms with Crippen LogP contribution in [0.5, 0.6) is 5.75 Å². The Morgan fingerprint density at radius 1 is 1.11 bits per heavy atom. The third-order valence-electron chi connectivity index (χ3n) is 4.08. The third kappa shape index (κ3) is 7.48. The highest BCUT2D eigenvalue weighted by Gasteiger charge is 2.06. The molecule has 0 spiro atoms. The van der Waals surface area contributed by atoms with Gasteiger partial charge in [-0.1, -0.05) is 35.9 Å². The van der Waals surface area contributed by atoms with Crippen molar-refractivity contribution in [3.63, 3.8) is 0 Å². The van der Waals surface area contributed by atoms with Crippen LogP contribution in [0.2, 0.25) is 5.02 Å². The van der Waals surface area contributed by atoms with Crippen LogP contribution in [0.1, 0.15) is 11.1 Å². The molecule has 7 heteroatoms. The summed E-state index contributed by atoms with van der Waals surface area (Å²) in [5.41, 5.74) is 2.19. The Hall–Kier alpha value is -2.73. The lowest BCUT2D eigenvalue weighted by molar-refractivity contribution is -0.127. The fraction of sp³-hybridized carbons (Fsp3) is 0.333. The van der Waals surface area contributed by atoms with E-state index in [-0.39, 0.29) is 12.5 Å². The van der Waals surface area contributed by atoms with E-state index < -0.39 is 0 Å². The van der Waals surface area contributed by atoms with Gasteiger partial charge in [-0.2, -0.15) is 0 Å². The highest BCUT2D eigenvalue weighted by Crippen LogP contribution is 2.12. The average molecular weight is 403 g/mol. The molecule has 0 saturated heterocycles. The molecule has 0 aromatic heterocycles. The lowest BCUT2D eigenvalue weighted by Gasteiger charge is -2.15. The number of hydrogen-bond donors (Lipinski definition) is 2. The molecule has 6 nitrogen and oxygen atoms in total. The van der Waals surface area contributed by atoms with E-state index in [0.717, 1.165) is 28.3 Å². The number of rotatable bonds is 8. The Kier molecular flexibility index (Phi) is 8.62. The summed E-state index contributed by atoms with van der Waals surface area (Å²) >= 11 is 6.03. The van der Waals surface area contributed by atoms with Gasteiger partial charge in [-0.05, 0) is 41.8 Å². The molecule has 0 atom stereocenters. The minimum Gasteiger partial charge on any atom is -0.497 e. The largest absolute Gasteiger partial charge is 0.497 e. The second kappa shape index (κ2) is 11.2. The number of benzene rings is 2. The topological polar surface area (TPSA) is 66.0 Å². The molecule has 2 rings (SSSR count). The molecule has 0 saturated carbocycles. The van der Waals surface area contributed by atoms with E-state index in [2.05, 4.69) is 15.6 Å². The standard InChI is InChI=1S/C21H27ClN4O2/c1-26(2)20(27)15-25-21(23-12-11-16-5-4-6-18(22)13-16)24-14-17-7-9-19(28-3)10-8-17/h4-10,13H,11-12,14-15H2,1-3H3,(H2,23,24,25). The van der Waals surface area contributed by atoms with Crippen LogP contribution in [0, 0.1) is 0 Å². The van der Waals surface area contributed by atoms with Crippen molar-refractivity contribution in [3.8, 4) is 5.75 Å². The molecule has 2 aromatic carbocycles. The van der Waals surface area contributed by atoms with Crippen LogP contribution in [0.4, 0.5) is 0 Å². The van der Waals surface area contributed by atoms with Crippen molar-refractivity contribution in [3.05, 3.63) is 64.7 Å². The SMILES string of the molecule is COc1ccc(CN=C(NCCc2cccc(Cl)c2)NCC(=O)N(C)C)cc1. The summed E-state index contributed by atoms with van der Waals surface area (Å²) in [5, 5.41) is 7.09. The molecule has 0 aliphatic rings. The van der Waals surface area contributed by atoms with Crippen molar-refractivity contribution in [1.29, 1.82) is 0 Å². The summed E-state index contributed by atoms with van der Waals surface area (Å²) in [4.78, 5) is 18.0. The molecule has 2 aromatic rings. The highest BCUT2D eigenvalue weighted by molar-refractivity contribution is 6.30. The van der Waals surface area contributed by atoms with E-state index in [9.17, 15) is 4.79 Å². The first-order chi connectivity index (χ1) is 13.5. The molecule has 28 heavy (non-hydrogen) atoms. The van der Waals surface area contributed by atoms with Crippen molar-refractivity contribution >= 4 is 23.5 Å². The molecule has 0 radical (unpaired) electrons. The number of likely N-dealkylation sites (N-methyl/N-ethyl adjacent to an activating group) is 1. The van der Waals surface area contributed by atoms with Crippen LogP contribution in [0.15, 0.2) is 53.5 Å². The minimum atomic E-state index is -0.0196. The first kappa shape index (κ1) is 21.6. The number of halogens is 1. The molecular formula is C21H27ClN4O2. The molecule has 0 fully saturated rings. The predicted molar refractivity (Wildman–Crippen MR) is 114 cm³/mol. The molecule has 0 aliphatic heterocycles. The van der Waals surface area contributed by atoms with Gasteiger partial charge in [0.15, 0.2) is 5.96 Å². The van der Waals surface area contributed by atoms with Gasteiger partial charge in [-0.15, -0.1) is 0 Å². The third-order valence-corrected chi connectivity index (χ3v) is 4.31. The monoisotopic (exact) mass is 402 g/mol. The second-order valence-corrected chi connectivity index (χ2v) is 6.90. The van der Waals surface area contributed by atoms with Gasteiger partial charge in [0, 0.05) is 25.7 Å². The van der Waals surface area contributed by atoms with Gasteiger partial charge in [0.2, 0.25) is 5.91 Å². The van der Waals surface area contributed by atoms with Crippen LogP contribution in [0.25, 0.3) is 0 Å². The lowest BCUT2D eigenvalue weighted by Crippen LogP contribution is -2.43. The number of ether oxygens (including phenoxy) is 1. The summed E-state index contributed by atoms with van der Waals surface area (Å²) in [6, 6.07) is 15.5. The Morgan fingerprint density at radius 2 is 1.86 bits per heavy atom. The van der Waals surface area contributed by atoms with Crippen LogP contribution in [0.3, 0.4) is 0 Å². The van der Waals surface area contributed by atoms with E-state index in [1.165, 1.54) is 0 Å². The van der Waals surface area contributed by atoms with Crippen molar-refractivity contribution in [2.24, 2.45) is 4.99 Å². The number of nitrogens with zero attached hydrogens (tertiary/aromatic N) is 2. The second-order valence-electron chi connectivity index (χ2n) is 6.46. The molecule has 0 heterocycles. The number of guanidine groups is 1. The summed E-state index contributed by atoms with van der Waals surface area (Å²) in [6.45, 7) is 1.34. The van der Waals surface area contributed by atoms with Crippen LogP contribution in [-0.2, 0) is 17.8 Å². The van der Waals surface area contributed by atoms with Crippen LogP contribution < -0.4 is 15.4 Å². The summed E-state index contributed by atoms with van der Waals surface area (Å²) in [5.74, 6) is 1.38. The van der Waals surface area contributed by atoms with Crippen molar-refractivity contribution in [2.45, 2.75) is 13.0 Å². The van der Waals surface area contributed by atoms with Gasteiger partial charge >= 0.3 is 0 Å². The molecule has 2 N–H and O–H groups in total. The first-order valence-electron chi connectivity index (χ1n) is 9.07. The number of methoxy groups -OCH3 is 1. The maximum atomic E-state index is 11.9. The summed E-state index contributed by atoms with van der Waals surface area (Å²) in [7, 11) is 5.09. The van der Waals surface area contributed by atoms with E-state index in [1.54, 1.807) is 26.1 Å². The average Bonchev–Trinajstić information content (AvgIpc) is 2.69. The van der Waals surface area contributed by atoms with E-state index >= 15 is 0 Å². The summed E-state index contributed by atoms with van der Waals surface area (Å²) in [6.07, 6.45) is 0.797. The first-order valence-corrected chi connectivity index (χ1v) is 9.45. The van der Waals surface area contributed by atoms with E-state index in [0.29, 0.717) is 19.0 Å². The number of hydrogen-bond acceptors (Lipinski definition) is 3. The normalized spacial score (nSPS) is 11.1. The number of nitrogens with one attached hydrogen (secondary N) is 2. The molecule has 0 aliphatic carbocycles. The Balaban J connectivity index is 1.97. The van der Waals surface area contributed by atoms with Gasteiger partial charge in [-0.3, -0.25) is 4.79 Å². The molecule has 0 bridgehead atoms. The minimum absolute atomic E-state index is 0.0196. The number of aliphatic imine (C=N–C) groups is 1. The number of carbonyl (C=O) groups is 1. The van der Waals surface area contributed by atoms with Crippen molar-refractivity contribution < 1.29 is 9.53 Å². The molecular weight excluding hydrogens is 376 g/mol. The highest BCUT2D eigenvalue weighted by atomic mass is 35.5. The van der Waals surface area contributed by atoms with Crippen molar-refractivity contribution in [1.82, 2.24) is 15.5 Å². The van der Waals surface area contributed by atoms with Crippen LogP contribution in [-0.4, -0.2) is 51.1 Å². The maximum Gasteiger partial charge on any atom is 0.241 e. The fourth-order valence-corrected chi connectivity index (χ4v) is 2.62. The van der Waals surface area contributed by atoms with Crippen molar-refractivity contribution in [2.75, 3.05) is 34.3 Å². The summed E-state index contributed by atoms with van der Waals surface area (Å²) < 4.78 is 5.17. The smallest absolute Gasteiger partial charge is 0.241 e. The lowest BCUT2D eigenvalue weighted by atomic mass is 10.1. The Bertz CT molecular complexity index is 791. The number of amides is 1. The molecule has 150 valence electrons. The zero-order chi connectivity index (χ0) is 20.4. The van der Waals surface area contributed by atoms with Crippen LogP contribution >= 0.6 is 11.6 Å². The predicted octanol–water partition coefficient (Wildman–Crippen LogP) is 2.71. The fourth-order valence-electron chi connectivity index (χ4n) is 2.41. The van der Waals surface area contributed by atoms with Gasteiger partial charge in [0.1, 0.15) is 5.75 Å². The number of carbonyl (C=O) groups excluding carboxylic acids is 1. The zero-order valence-corrected chi connectivity index (χ0v) is 17.3. The van der Waals surface area contributed by atoms with E-state index in [4.69, 9.17) is 16.3 Å². The molecule has 1 amide bonds. The van der Waals surface area contributed by atoms with Gasteiger partial charge < -0.3 is 20.3 Å². The van der Waals surface area contributed by atoms with Gasteiger partial charge in [0.05, 0.1) is 20.2 Å². The molecule has 0 unspecified atom stereocenters. The Morgan fingerprint density at radius 3 is 2.50 bits per heavy atom. The quantitative estimate of drug-likeness (QED) is 0.526.